The molecule has 1 heterocycles. The van der Waals surface area contributed by atoms with Crippen molar-refractivity contribution in [3.05, 3.63) is 47.5 Å². The van der Waals surface area contributed by atoms with E-state index in [9.17, 15) is 0 Å². The van der Waals surface area contributed by atoms with Crippen LogP contribution >= 0.6 is 0 Å². The summed E-state index contributed by atoms with van der Waals surface area (Å²) in [5.74, 6) is 1.59. The molecule has 0 unspecified atom stereocenters. The Morgan fingerprint density at radius 3 is 2.47 bits per heavy atom. The van der Waals surface area contributed by atoms with Crippen molar-refractivity contribution in [2.24, 2.45) is 0 Å². The van der Waals surface area contributed by atoms with Gasteiger partial charge in [0.15, 0.2) is 11.5 Å². The van der Waals surface area contributed by atoms with Gasteiger partial charge >= 0.3 is 0 Å². The average molecular weight is 255 g/mol. The molecule has 0 spiro atoms. The molecule has 0 aromatic heterocycles. The first-order valence-electron chi connectivity index (χ1n) is 6.38. The summed E-state index contributed by atoms with van der Waals surface area (Å²) in [6, 6.07) is 12.5. The van der Waals surface area contributed by atoms with Gasteiger partial charge in [0.1, 0.15) is 0 Å². The highest BCUT2D eigenvalue weighted by Gasteiger charge is 2.20. The van der Waals surface area contributed by atoms with Crippen molar-refractivity contribution in [1.29, 1.82) is 0 Å². The van der Waals surface area contributed by atoms with Crippen LogP contribution in [-0.2, 0) is 13.1 Å². The molecule has 98 valence electrons. The zero-order valence-corrected chi connectivity index (χ0v) is 11.2. The summed E-state index contributed by atoms with van der Waals surface area (Å²) in [5.41, 5.74) is 4.89. The fourth-order valence-electron chi connectivity index (χ4n) is 2.66. The van der Waals surface area contributed by atoms with Gasteiger partial charge in [0.05, 0.1) is 14.2 Å². The summed E-state index contributed by atoms with van der Waals surface area (Å²) in [7, 11) is 3.37. The number of fused-ring (bicyclic) bond motifs is 3. The monoisotopic (exact) mass is 255 g/mol. The minimum Gasteiger partial charge on any atom is -0.493 e. The summed E-state index contributed by atoms with van der Waals surface area (Å²) in [6.07, 6.45) is 0. The van der Waals surface area contributed by atoms with Crippen molar-refractivity contribution in [2.75, 3.05) is 14.2 Å². The Hall–Kier alpha value is -2.00. The molecule has 1 aliphatic rings. The average Bonchev–Trinajstić information content (AvgIpc) is 2.65. The maximum atomic E-state index is 5.59. The minimum absolute atomic E-state index is 0.776. The molecule has 0 aliphatic carbocycles. The van der Waals surface area contributed by atoms with Gasteiger partial charge in [-0.3, -0.25) is 0 Å². The predicted molar refractivity (Wildman–Crippen MR) is 75.5 cm³/mol. The fraction of sp³-hybridized carbons (Fsp3) is 0.250. The third-order valence-corrected chi connectivity index (χ3v) is 3.55. The van der Waals surface area contributed by atoms with Gasteiger partial charge in [-0.15, -0.1) is 0 Å². The number of hydrogen-bond donors (Lipinski definition) is 1. The molecule has 0 saturated heterocycles. The molecule has 19 heavy (non-hydrogen) atoms. The van der Waals surface area contributed by atoms with Crippen LogP contribution in [0.3, 0.4) is 0 Å². The number of hydrogen-bond acceptors (Lipinski definition) is 3. The highest BCUT2D eigenvalue weighted by Crippen LogP contribution is 2.42. The van der Waals surface area contributed by atoms with Crippen molar-refractivity contribution < 1.29 is 9.47 Å². The van der Waals surface area contributed by atoms with Crippen LogP contribution in [0.2, 0.25) is 0 Å². The van der Waals surface area contributed by atoms with E-state index in [1.54, 1.807) is 14.2 Å². The number of methoxy groups -OCH3 is 2. The van der Waals surface area contributed by atoms with Crippen LogP contribution in [0.5, 0.6) is 11.5 Å². The van der Waals surface area contributed by atoms with Crippen LogP contribution in [0.1, 0.15) is 11.1 Å². The number of rotatable bonds is 2. The third kappa shape index (κ3) is 1.96. The van der Waals surface area contributed by atoms with E-state index in [0.29, 0.717) is 0 Å². The van der Waals surface area contributed by atoms with Crippen LogP contribution in [-0.4, -0.2) is 14.2 Å². The highest BCUT2D eigenvalue weighted by atomic mass is 16.5. The first-order valence-corrected chi connectivity index (χ1v) is 6.38. The molecular formula is C16H17NO2. The Morgan fingerprint density at radius 1 is 0.895 bits per heavy atom. The standard InChI is InChI=1S/C16H17NO2/c1-18-14-8-7-12-10-17-9-11-5-3-4-6-13(11)15(12)16(14)19-2/h3-8,17H,9-10H2,1-2H3. The van der Waals surface area contributed by atoms with Gasteiger partial charge < -0.3 is 14.8 Å². The molecule has 2 aromatic rings. The van der Waals surface area contributed by atoms with Crippen LogP contribution < -0.4 is 14.8 Å². The lowest BCUT2D eigenvalue weighted by Gasteiger charge is -2.16. The Kier molecular flexibility index (Phi) is 3.13. The number of nitrogens with one attached hydrogen (secondary N) is 1. The van der Waals surface area contributed by atoms with E-state index in [-0.39, 0.29) is 0 Å². The fourth-order valence-corrected chi connectivity index (χ4v) is 2.66. The van der Waals surface area contributed by atoms with E-state index in [1.807, 2.05) is 6.07 Å². The summed E-state index contributed by atoms with van der Waals surface area (Å²) in [6.45, 7) is 1.71. The Morgan fingerprint density at radius 2 is 1.68 bits per heavy atom. The van der Waals surface area contributed by atoms with Crippen molar-refractivity contribution >= 4 is 0 Å². The van der Waals surface area contributed by atoms with Gasteiger partial charge in [0.25, 0.3) is 0 Å². The molecule has 3 nitrogen and oxygen atoms in total. The van der Waals surface area contributed by atoms with Crippen LogP contribution in [0, 0.1) is 0 Å². The molecular weight excluding hydrogens is 238 g/mol. The van der Waals surface area contributed by atoms with E-state index in [0.717, 1.165) is 30.2 Å². The van der Waals surface area contributed by atoms with E-state index < -0.39 is 0 Å². The maximum absolute atomic E-state index is 5.59. The molecule has 3 heteroatoms. The van der Waals surface area contributed by atoms with Gasteiger partial charge in [0.2, 0.25) is 0 Å². The lowest BCUT2D eigenvalue weighted by Crippen LogP contribution is -2.10. The van der Waals surface area contributed by atoms with E-state index in [2.05, 4.69) is 35.6 Å². The second-order valence-electron chi connectivity index (χ2n) is 4.60. The molecule has 1 aliphatic heterocycles. The van der Waals surface area contributed by atoms with Crippen molar-refractivity contribution in [3.8, 4) is 22.6 Å². The van der Waals surface area contributed by atoms with Crippen molar-refractivity contribution in [3.63, 3.8) is 0 Å². The van der Waals surface area contributed by atoms with E-state index >= 15 is 0 Å². The zero-order valence-electron chi connectivity index (χ0n) is 11.2. The second-order valence-corrected chi connectivity index (χ2v) is 4.60. The van der Waals surface area contributed by atoms with Crippen molar-refractivity contribution in [2.45, 2.75) is 13.1 Å². The quantitative estimate of drug-likeness (QED) is 0.895. The van der Waals surface area contributed by atoms with E-state index in [1.165, 1.54) is 16.7 Å². The van der Waals surface area contributed by atoms with Gasteiger partial charge in [-0.1, -0.05) is 30.3 Å². The van der Waals surface area contributed by atoms with Gasteiger partial charge in [0, 0.05) is 18.7 Å². The molecule has 0 amide bonds. The highest BCUT2D eigenvalue weighted by molar-refractivity contribution is 5.80. The van der Waals surface area contributed by atoms with Crippen LogP contribution in [0.15, 0.2) is 36.4 Å². The van der Waals surface area contributed by atoms with Crippen LogP contribution in [0.4, 0.5) is 0 Å². The molecule has 0 radical (unpaired) electrons. The summed E-state index contributed by atoms with van der Waals surface area (Å²) in [5, 5.41) is 3.45. The van der Waals surface area contributed by atoms with Crippen LogP contribution in [0.25, 0.3) is 11.1 Å². The van der Waals surface area contributed by atoms with Gasteiger partial charge in [-0.25, -0.2) is 0 Å². The minimum atomic E-state index is 0.776. The maximum Gasteiger partial charge on any atom is 0.168 e. The number of ether oxygens (including phenoxy) is 2. The Bertz CT molecular complexity index is 608. The van der Waals surface area contributed by atoms with Gasteiger partial charge in [-0.2, -0.15) is 0 Å². The Labute approximate surface area is 113 Å². The second kappa shape index (κ2) is 4.94. The molecule has 1 N–H and O–H groups in total. The largest absolute Gasteiger partial charge is 0.493 e. The van der Waals surface area contributed by atoms with Gasteiger partial charge in [-0.05, 0) is 22.8 Å². The molecule has 0 fully saturated rings. The normalized spacial score (nSPS) is 13.2. The SMILES string of the molecule is COc1ccc2c(c1OC)-c1ccccc1CNC2. The zero-order chi connectivity index (χ0) is 13.2. The summed E-state index contributed by atoms with van der Waals surface area (Å²) >= 11 is 0. The molecule has 3 rings (SSSR count). The molecule has 0 atom stereocenters. The molecule has 0 saturated carbocycles. The third-order valence-electron chi connectivity index (χ3n) is 3.55. The topological polar surface area (TPSA) is 30.5 Å². The first kappa shape index (κ1) is 12.1. The molecule has 2 aromatic carbocycles. The molecule has 0 bridgehead atoms. The lowest BCUT2D eigenvalue weighted by atomic mass is 9.95. The lowest BCUT2D eigenvalue weighted by molar-refractivity contribution is 0.356. The summed E-state index contributed by atoms with van der Waals surface area (Å²) < 4.78 is 11.0. The Balaban J connectivity index is 2.31. The van der Waals surface area contributed by atoms with Crippen molar-refractivity contribution in [1.82, 2.24) is 5.32 Å². The summed E-state index contributed by atoms with van der Waals surface area (Å²) in [4.78, 5) is 0. The smallest absolute Gasteiger partial charge is 0.168 e. The number of benzene rings is 2. The first-order chi connectivity index (χ1) is 9.35. The predicted octanol–water partition coefficient (Wildman–Crippen LogP) is 2.97. The van der Waals surface area contributed by atoms with E-state index in [4.69, 9.17) is 9.47 Å².